The second kappa shape index (κ2) is 7.43. The van der Waals surface area contributed by atoms with Crippen LogP contribution in [-0.4, -0.2) is 18.0 Å². The van der Waals surface area contributed by atoms with E-state index in [4.69, 9.17) is 9.15 Å². The lowest BCUT2D eigenvalue weighted by Crippen LogP contribution is -2.21. The van der Waals surface area contributed by atoms with E-state index in [1.54, 1.807) is 36.9 Å². The van der Waals surface area contributed by atoms with Gasteiger partial charge in [-0.1, -0.05) is 30.3 Å². The van der Waals surface area contributed by atoms with Crippen molar-refractivity contribution < 1.29 is 13.9 Å². The molecule has 0 aliphatic carbocycles. The first-order valence-electron chi connectivity index (χ1n) is 8.16. The fourth-order valence-electron chi connectivity index (χ4n) is 2.60. The number of carbonyl (C=O) groups is 1. The van der Waals surface area contributed by atoms with Gasteiger partial charge in [-0.25, -0.2) is 9.98 Å². The molecule has 6 nitrogen and oxygen atoms in total. The maximum absolute atomic E-state index is 12.8. The van der Waals surface area contributed by atoms with Crippen molar-refractivity contribution in [2.24, 2.45) is 4.99 Å². The second-order valence-corrected chi connectivity index (χ2v) is 6.47. The molecule has 0 aliphatic heterocycles. The predicted octanol–water partition coefficient (Wildman–Crippen LogP) is 4.38. The molecule has 27 heavy (non-hydrogen) atoms. The van der Waals surface area contributed by atoms with Crippen LogP contribution in [0.5, 0.6) is 5.75 Å². The lowest BCUT2D eigenvalue weighted by molar-refractivity contribution is 0.102. The van der Waals surface area contributed by atoms with E-state index in [1.165, 1.54) is 11.3 Å². The molecule has 1 amide bonds. The largest absolute Gasteiger partial charge is 0.494 e. The quantitative estimate of drug-likeness (QED) is 0.572. The summed E-state index contributed by atoms with van der Waals surface area (Å²) >= 11 is 1.34. The van der Waals surface area contributed by atoms with E-state index < -0.39 is 0 Å². The molecule has 0 saturated heterocycles. The number of para-hydroxylation sites is 3. The lowest BCUT2D eigenvalue weighted by atomic mass is 10.1. The van der Waals surface area contributed by atoms with Crippen LogP contribution in [0.3, 0.4) is 0 Å². The lowest BCUT2D eigenvalue weighted by Gasteiger charge is -2.06. The number of rotatable bonds is 4. The number of amides is 1. The highest BCUT2D eigenvalue weighted by molar-refractivity contribution is 7.13. The first-order valence-corrected chi connectivity index (χ1v) is 9.04. The molecule has 0 atom stereocenters. The number of aromatic nitrogens is 1. The van der Waals surface area contributed by atoms with Gasteiger partial charge in [0.05, 0.1) is 7.11 Å². The number of benzene rings is 2. The summed E-state index contributed by atoms with van der Waals surface area (Å²) in [6, 6.07) is 16.5. The van der Waals surface area contributed by atoms with Crippen molar-refractivity contribution in [2.45, 2.75) is 0 Å². The van der Waals surface area contributed by atoms with E-state index in [2.05, 4.69) is 15.3 Å². The highest BCUT2D eigenvalue weighted by Crippen LogP contribution is 2.26. The van der Waals surface area contributed by atoms with Crippen LogP contribution in [0, 0.1) is 0 Å². The van der Waals surface area contributed by atoms with Crippen molar-refractivity contribution in [3.63, 3.8) is 0 Å². The first kappa shape index (κ1) is 17.0. The molecule has 2 aromatic heterocycles. The predicted molar refractivity (Wildman–Crippen MR) is 104 cm³/mol. The molecule has 7 heteroatoms. The smallest absolute Gasteiger partial charge is 0.262 e. The molecule has 1 N–H and O–H groups in total. The summed E-state index contributed by atoms with van der Waals surface area (Å²) in [6.45, 7) is 0. The molecular formula is C20H15N3O3S. The van der Waals surface area contributed by atoms with Gasteiger partial charge >= 0.3 is 0 Å². The third-order valence-electron chi connectivity index (χ3n) is 3.86. The summed E-state index contributed by atoms with van der Waals surface area (Å²) in [5.74, 6) is 0.250. The number of nitrogens with zero attached hydrogens (tertiary/aromatic N) is 2. The number of hydrogen-bond acceptors (Lipinski definition) is 6. The van der Waals surface area contributed by atoms with Crippen molar-refractivity contribution in [1.82, 2.24) is 4.98 Å². The van der Waals surface area contributed by atoms with Crippen LogP contribution < -0.4 is 15.6 Å². The minimum Gasteiger partial charge on any atom is -0.494 e. The number of nitrogens with one attached hydrogen (secondary N) is 1. The van der Waals surface area contributed by atoms with E-state index >= 15 is 0 Å². The Morgan fingerprint density at radius 3 is 2.81 bits per heavy atom. The van der Waals surface area contributed by atoms with Crippen molar-refractivity contribution in [2.75, 3.05) is 12.4 Å². The van der Waals surface area contributed by atoms with Crippen LogP contribution in [0.4, 0.5) is 10.8 Å². The molecular weight excluding hydrogens is 362 g/mol. The Morgan fingerprint density at radius 1 is 1.19 bits per heavy atom. The number of ether oxygens (including phenoxy) is 1. The highest BCUT2D eigenvalue weighted by Gasteiger charge is 2.14. The minimum absolute atomic E-state index is 0.201. The van der Waals surface area contributed by atoms with Gasteiger partial charge in [-0.15, -0.1) is 11.3 Å². The zero-order valence-electron chi connectivity index (χ0n) is 14.4. The normalized spacial score (nSPS) is 11.5. The van der Waals surface area contributed by atoms with Gasteiger partial charge in [-0.2, -0.15) is 0 Å². The summed E-state index contributed by atoms with van der Waals surface area (Å²) in [5.41, 5.74) is 1.72. The third-order valence-corrected chi connectivity index (χ3v) is 4.55. The van der Waals surface area contributed by atoms with Gasteiger partial charge in [0, 0.05) is 17.0 Å². The van der Waals surface area contributed by atoms with E-state index in [0.29, 0.717) is 27.7 Å². The van der Waals surface area contributed by atoms with Gasteiger partial charge in [0.15, 0.2) is 5.13 Å². The fourth-order valence-corrected chi connectivity index (χ4v) is 3.12. The molecule has 134 valence electrons. The topological polar surface area (TPSA) is 76.7 Å². The molecule has 2 aromatic carbocycles. The van der Waals surface area contributed by atoms with Crippen molar-refractivity contribution >= 4 is 39.0 Å². The molecule has 0 saturated carbocycles. The number of hydrogen-bond donors (Lipinski definition) is 1. The number of carbonyl (C=O) groups excluding carboxylic acids is 1. The number of anilines is 1. The van der Waals surface area contributed by atoms with Gasteiger partial charge in [-0.3, -0.25) is 10.1 Å². The summed E-state index contributed by atoms with van der Waals surface area (Å²) in [5, 5.41) is 5.88. The number of methoxy groups -OCH3 is 1. The van der Waals surface area contributed by atoms with E-state index in [9.17, 15) is 4.79 Å². The Labute approximate surface area is 158 Å². The van der Waals surface area contributed by atoms with Crippen molar-refractivity contribution in [3.05, 3.63) is 77.3 Å². The summed E-state index contributed by atoms with van der Waals surface area (Å²) in [7, 11) is 1.57. The Kier molecular flexibility index (Phi) is 4.67. The zero-order valence-corrected chi connectivity index (χ0v) is 15.2. The standard InChI is InChI=1S/C20H15N3O3S/c1-25-17-9-5-3-7-15(17)22-19-14(18(24)23-20-21-10-11-27-20)12-13-6-2-4-8-16(13)26-19/h2-12H,1H3,(H,21,23,24). The summed E-state index contributed by atoms with van der Waals surface area (Å²) in [4.78, 5) is 21.5. The van der Waals surface area contributed by atoms with E-state index in [1.807, 2.05) is 36.4 Å². The summed E-state index contributed by atoms with van der Waals surface area (Å²) in [6.07, 6.45) is 1.63. The third kappa shape index (κ3) is 3.58. The van der Waals surface area contributed by atoms with Crippen molar-refractivity contribution in [1.29, 1.82) is 0 Å². The number of thiazole rings is 1. The van der Waals surface area contributed by atoms with Crippen LogP contribution in [0.1, 0.15) is 10.4 Å². The first-order chi connectivity index (χ1) is 13.2. The van der Waals surface area contributed by atoms with Crippen LogP contribution in [0.25, 0.3) is 11.0 Å². The van der Waals surface area contributed by atoms with Crippen molar-refractivity contribution in [3.8, 4) is 5.75 Å². The average Bonchev–Trinajstić information content (AvgIpc) is 3.21. The molecule has 2 heterocycles. The molecule has 0 aliphatic rings. The Balaban J connectivity index is 1.89. The van der Waals surface area contributed by atoms with Crippen LogP contribution in [-0.2, 0) is 0 Å². The molecule has 0 fully saturated rings. The van der Waals surface area contributed by atoms with Gasteiger partial charge in [0.2, 0.25) is 5.55 Å². The number of fused-ring (bicyclic) bond motifs is 1. The Hall–Kier alpha value is -3.45. The summed E-state index contributed by atoms with van der Waals surface area (Å²) < 4.78 is 11.3. The molecule has 4 aromatic rings. The minimum atomic E-state index is -0.340. The van der Waals surface area contributed by atoms with Gasteiger partial charge < -0.3 is 9.15 Å². The molecule has 0 radical (unpaired) electrons. The maximum Gasteiger partial charge on any atom is 0.262 e. The van der Waals surface area contributed by atoms with Crippen LogP contribution in [0.2, 0.25) is 0 Å². The van der Waals surface area contributed by atoms with E-state index in [-0.39, 0.29) is 11.5 Å². The maximum atomic E-state index is 12.8. The fraction of sp³-hybridized carbons (Fsp3) is 0.0500. The molecule has 0 bridgehead atoms. The van der Waals surface area contributed by atoms with E-state index in [0.717, 1.165) is 5.39 Å². The zero-order chi connectivity index (χ0) is 18.6. The Bertz CT molecular complexity index is 1170. The van der Waals surface area contributed by atoms with Gasteiger partial charge in [0.25, 0.3) is 5.91 Å². The van der Waals surface area contributed by atoms with Gasteiger partial charge in [-0.05, 0) is 24.3 Å². The van der Waals surface area contributed by atoms with Crippen LogP contribution in [0.15, 0.2) is 75.6 Å². The molecule has 0 spiro atoms. The molecule has 0 unspecified atom stereocenters. The monoisotopic (exact) mass is 377 g/mol. The average molecular weight is 377 g/mol. The van der Waals surface area contributed by atoms with Gasteiger partial charge in [0.1, 0.15) is 22.6 Å². The molecule has 4 rings (SSSR count). The SMILES string of the molecule is COc1ccccc1N=c1oc2ccccc2cc1C(=O)Nc1nccs1. The highest BCUT2D eigenvalue weighted by atomic mass is 32.1. The Morgan fingerprint density at radius 2 is 2.00 bits per heavy atom. The second-order valence-electron chi connectivity index (χ2n) is 5.58. The van der Waals surface area contributed by atoms with Crippen LogP contribution >= 0.6 is 11.3 Å².